The van der Waals surface area contributed by atoms with E-state index in [4.69, 9.17) is 21.8 Å². The van der Waals surface area contributed by atoms with Crippen LogP contribution in [0.5, 0.6) is 0 Å². The van der Waals surface area contributed by atoms with E-state index in [1.807, 2.05) is 29.6 Å². The van der Waals surface area contributed by atoms with Gasteiger partial charge in [-0.05, 0) is 39.0 Å². The van der Waals surface area contributed by atoms with Crippen LogP contribution in [0.3, 0.4) is 0 Å². The van der Waals surface area contributed by atoms with Crippen molar-refractivity contribution >= 4 is 28.9 Å². The lowest BCUT2D eigenvalue weighted by Crippen LogP contribution is -2.22. The zero-order chi connectivity index (χ0) is 18.1. The molecule has 25 heavy (non-hydrogen) atoms. The second kappa shape index (κ2) is 6.76. The third-order valence-corrected chi connectivity index (χ3v) is 4.40. The highest BCUT2D eigenvalue weighted by atomic mass is 35.5. The highest BCUT2D eigenvalue weighted by Gasteiger charge is 2.15. The molecule has 3 aromatic heterocycles. The number of hydrogen-bond acceptors (Lipinski definition) is 4. The molecule has 0 spiro atoms. The van der Waals surface area contributed by atoms with Crippen LogP contribution >= 0.6 is 11.6 Å². The lowest BCUT2D eigenvalue weighted by Gasteiger charge is -2.16. The lowest BCUT2D eigenvalue weighted by molar-refractivity contribution is 0.0689. The smallest absolute Gasteiger partial charge is 0.356 e. The van der Waals surface area contributed by atoms with Crippen molar-refractivity contribution in [3.05, 3.63) is 46.4 Å². The molecule has 0 saturated carbocycles. The molecule has 132 valence electrons. The summed E-state index contributed by atoms with van der Waals surface area (Å²) >= 11 is 6.26. The number of aryl methyl sites for hydroxylation is 1. The van der Waals surface area contributed by atoms with E-state index < -0.39 is 5.97 Å². The first-order valence-electron chi connectivity index (χ1n) is 8.13. The molecule has 0 unspecified atom stereocenters. The molecule has 3 aromatic rings. The molecule has 0 aromatic carbocycles. The molecule has 8 heteroatoms. The van der Waals surface area contributed by atoms with E-state index in [-0.39, 0.29) is 5.69 Å². The third kappa shape index (κ3) is 3.32. The Morgan fingerprint density at radius 3 is 2.52 bits per heavy atom. The highest BCUT2D eigenvalue weighted by molar-refractivity contribution is 6.31. The van der Waals surface area contributed by atoms with Crippen molar-refractivity contribution in [3.63, 3.8) is 0 Å². The largest absolute Gasteiger partial charge is 0.476 e. The summed E-state index contributed by atoms with van der Waals surface area (Å²) < 4.78 is 3.48. The number of nitrogens with zero attached hydrogens (tertiary/aromatic N) is 5. The predicted molar refractivity (Wildman–Crippen MR) is 96.8 cm³/mol. The van der Waals surface area contributed by atoms with Gasteiger partial charge < -0.3 is 10.0 Å². The zero-order valence-electron chi connectivity index (χ0n) is 14.4. The molecule has 0 amide bonds. The number of aromatic nitrogens is 4. The van der Waals surface area contributed by atoms with Crippen LogP contribution in [0.4, 0.5) is 5.82 Å². The van der Waals surface area contributed by atoms with Gasteiger partial charge in [0, 0.05) is 29.9 Å². The molecule has 0 radical (unpaired) electrons. The van der Waals surface area contributed by atoms with Crippen molar-refractivity contribution in [2.24, 2.45) is 0 Å². The van der Waals surface area contributed by atoms with Crippen LogP contribution in [0.2, 0.25) is 5.02 Å². The molecule has 0 fully saturated rings. The van der Waals surface area contributed by atoms with Crippen molar-refractivity contribution in [1.82, 2.24) is 19.4 Å². The molecule has 7 nitrogen and oxygen atoms in total. The van der Waals surface area contributed by atoms with Gasteiger partial charge in [0.25, 0.3) is 0 Å². The number of aromatic carboxylic acids is 1. The first-order chi connectivity index (χ1) is 11.9. The monoisotopic (exact) mass is 361 g/mol. The summed E-state index contributed by atoms with van der Waals surface area (Å²) in [5.41, 5.74) is 2.53. The molecule has 1 N–H and O–H groups in total. The van der Waals surface area contributed by atoms with Crippen molar-refractivity contribution in [3.8, 4) is 0 Å². The van der Waals surface area contributed by atoms with E-state index >= 15 is 0 Å². The number of halogens is 1. The number of fused-ring (bicyclic) bond motifs is 1. The van der Waals surface area contributed by atoms with Crippen LogP contribution < -0.4 is 4.90 Å². The molecule has 0 aliphatic rings. The van der Waals surface area contributed by atoms with E-state index in [9.17, 15) is 4.79 Å². The number of carboxylic acid groups (broad SMARTS) is 1. The second-order valence-corrected chi connectivity index (χ2v) is 6.25. The molecule has 0 atom stereocenters. The summed E-state index contributed by atoms with van der Waals surface area (Å²) in [6, 6.07) is 7.24. The molecular formula is C17H20ClN5O2. The Bertz CT molecular complexity index is 927. The van der Waals surface area contributed by atoms with Crippen molar-refractivity contribution in [1.29, 1.82) is 0 Å². The number of carbonyl (C=O) groups is 1. The Hall–Kier alpha value is -2.54. The average molecular weight is 362 g/mol. The topological polar surface area (TPSA) is 75.7 Å². The first kappa shape index (κ1) is 17.3. The SMILES string of the molecule is CCN(CC)c1cc2cc(Cl)cc(Cn3nc(C(=O)O)cc3C)n2n1. The Morgan fingerprint density at radius 2 is 1.92 bits per heavy atom. The second-order valence-electron chi connectivity index (χ2n) is 5.81. The molecule has 0 aliphatic carbocycles. The van der Waals surface area contributed by atoms with Gasteiger partial charge in [-0.3, -0.25) is 4.68 Å². The van der Waals surface area contributed by atoms with Crippen molar-refractivity contribution in [2.75, 3.05) is 18.0 Å². The van der Waals surface area contributed by atoms with Gasteiger partial charge in [0.15, 0.2) is 11.5 Å². The van der Waals surface area contributed by atoms with E-state index in [1.165, 1.54) is 0 Å². The van der Waals surface area contributed by atoms with Gasteiger partial charge in [-0.2, -0.15) is 5.10 Å². The molecule has 0 saturated heterocycles. The van der Waals surface area contributed by atoms with Crippen molar-refractivity contribution < 1.29 is 9.90 Å². The number of anilines is 1. The number of hydrogen-bond donors (Lipinski definition) is 1. The predicted octanol–water partition coefficient (Wildman–Crippen LogP) is 3.09. The first-order valence-corrected chi connectivity index (χ1v) is 8.51. The van der Waals surface area contributed by atoms with Gasteiger partial charge >= 0.3 is 5.97 Å². The molecule has 0 aliphatic heterocycles. The minimum Gasteiger partial charge on any atom is -0.476 e. The standard InChI is InChI=1S/C17H20ClN5O2/c1-4-21(5-2)16-9-13-7-12(18)8-14(23(13)20-16)10-22-11(3)6-15(19-22)17(24)25/h6-9H,4-5,10H2,1-3H3,(H,24,25). The van der Waals surface area contributed by atoms with Gasteiger partial charge in [-0.1, -0.05) is 11.6 Å². The summed E-state index contributed by atoms with van der Waals surface area (Å²) in [7, 11) is 0. The fraction of sp³-hybridized carbons (Fsp3) is 0.353. The number of carboxylic acids is 1. The summed E-state index contributed by atoms with van der Waals surface area (Å²) in [5, 5.41) is 18.5. The average Bonchev–Trinajstić information content (AvgIpc) is 3.13. The molecular weight excluding hydrogens is 342 g/mol. The summed E-state index contributed by atoms with van der Waals surface area (Å²) in [6.45, 7) is 8.11. The molecule has 3 rings (SSSR count). The third-order valence-electron chi connectivity index (χ3n) is 4.19. The summed E-state index contributed by atoms with van der Waals surface area (Å²) in [6.07, 6.45) is 0. The minimum absolute atomic E-state index is 0.0278. The maximum Gasteiger partial charge on any atom is 0.356 e. The Kier molecular flexibility index (Phi) is 4.67. The normalized spacial score (nSPS) is 11.2. The van der Waals surface area contributed by atoms with Crippen LogP contribution in [-0.2, 0) is 6.54 Å². The summed E-state index contributed by atoms with van der Waals surface area (Å²) in [4.78, 5) is 13.3. The lowest BCUT2D eigenvalue weighted by atomic mass is 10.3. The number of rotatable bonds is 6. The fourth-order valence-corrected chi connectivity index (χ4v) is 3.10. The van der Waals surface area contributed by atoms with Crippen LogP contribution in [0, 0.1) is 6.92 Å². The summed E-state index contributed by atoms with van der Waals surface area (Å²) in [5.74, 6) is -0.155. The van der Waals surface area contributed by atoms with Crippen LogP contribution in [0.25, 0.3) is 5.52 Å². The van der Waals surface area contributed by atoms with Gasteiger partial charge in [-0.15, -0.1) is 5.10 Å². The van der Waals surface area contributed by atoms with Crippen LogP contribution in [0.1, 0.15) is 35.7 Å². The van der Waals surface area contributed by atoms with Crippen molar-refractivity contribution in [2.45, 2.75) is 27.3 Å². The maximum atomic E-state index is 11.1. The quantitative estimate of drug-likeness (QED) is 0.730. The Balaban J connectivity index is 2.05. The highest BCUT2D eigenvalue weighted by Crippen LogP contribution is 2.22. The fourth-order valence-electron chi connectivity index (χ4n) is 2.86. The maximum absolute atomic E-state index is 11.1. The Labute approximate surface area is 150 Å². The van der Waals surface area contributed by atoms with Gasteiger partial charge in [0.2, 0.25) is 0 Å². The van der Waals surface area contributed by atoms with E-state index in [0.717, 1.165) is 35.8 Å². The van der Waals surface area contributed by atoms with Gasteiger partial charge in [-0.25, -0.2) is 9.31 Å². The van der Waals surface area contributed by atoms with Crippen LogP contribution in [0.15, 0.2) is 24.3 Å². The zero-order valence-corrected chi connectivity index (χ0v) is 15.2. The van der Waals surface area contributed by atoms with Gasteiger partial charge in [0.1, 0.15) is 0 Å². The molecule has 0 bridgehead atoms. The molecule has 3 heterocycles. The van der Waals surface area contributed by atoms with E-state index in [1.54, 1.807) is 10.7 Å². The van der Waals surface area contributed by atoms with E-state index in [0.29, 0.717) is 11.6 Å². The van der Waals surface area contributed by atoms with E-state index in [2.05, 4.69) is 23.8 Å². The van der Waals surface area contributed by atoms with Gasteiger partial charge in [0.05, 0.1) is 17.8 Å². The van der Waals surface area contributed by atoms with Crippen LogP contribution in [-0.4, -0.2) is 43.6 Å². The minimum atomic E-state index is -1.04. The number of pyridine rings is 1. The Morgan fingerprint density at radius 1 is 1.20 bits per heavy atom.